The number of sulfonamides is 1. The van der Waals surface area contributed by atoms with Gasteiger partial charge in [-0.25, -0.2) is 17.7 Å². The van der Waals surface area contributed by atoms with Crippen LogP contribution < -0.4 is 10.1 Å². The summed E-state index contributed by atoms with van der Waals surface area (Å²) in [4.78, 5) is 16.6. The van der Waals surface area contributed by atoms with Gasteiger partial charge in [0.2, 0.25) is 10.0 Å². The first-order valence-corrected chi connectivity index (χ1v) is 10.6. The number of aromatic nitrogens is 1. The van der Waals surface area contributed by atoms with E-state index in [0.717, 1.165) is 9.87 Å². The van der Waals surface area contributed by atoms with Crippen LogP contribution in [-0.4, -0.2) is 44.3 Å². The minimum atomic E-state index is -3.47. The van der Waals surface area contributed by atoms with Gasteiger partial charge in [-0.05, 0) is 24.3 Å². The summed E-state index contributed by atoms with van der Waals surface area (Å²) in [6, 6.07) is 15.5. The van der Waals surface area contributed by atoms with E-state index in [1.54, 1.807) is 29.6 Å². The van der Waals surface area contributed by atoms with Crippen LogP contribution in [0.3, 0.4) is 0 Å². The van der Waals surface area contributed by atoms with Crippen molar-refractivity contribution in [1.82, 2.24) is 9.29 Å². The molecule has 28 heavy (non-hydrogen) atoms. The van der Waals surface area contributed by atoms with Crippen LogP contribution in [-0.2, 0) is 14.8 Å². The highest BCUT2D eigenvalue weighted by Gasteiger charge is 2.17. The number of rotatable bonds is 7. The maximum absolute atomic E-state index is 12.1. The Balaban J connectivity index is 1.63. The van der Waals surface area contributed by atoms with E-state index in [-0.39, 0.29) is 17.4 Å². The molecule has 1 aromatic heterocycles. The molecule has 146 valence electrons. The molecule has 0 saturated carbocycles. The van der Waals surface area contributed by atoms with E-state index in [4.69, 9.17) is 4.74 Å². The molecule has 1 amide bonds. The maximum atomic E-state index is 12.1. The quantitative estimate of drug-likeness (QED) is 0.638. The lowest BCUT2D eigenvalue weighted by atomic mass is 10.2. The smallest absolute Gasteiger partial charge is 0.264 e. The van der Waals surface area contributed by atoms with Crippen molar-refractivity contribution >= 4 is 32.4 Å². The largest absolute Gasteiger partial charge is 0.484 e. The Morgan fingerprint density at radius 3 is 2.43 bits per heavy atom. The van der Waals surface area contributed by atoms with Crippen LogP contribution in [0.1, 0.15) is 0 Å². The Hall–Kier alpha value is -2.75. The molecule has 0 fully saturated rings. The van der Waals surface area contributed by atoms with Crippen molar-refractivity contribution < 1.29 is 17.9 Å². The van der Waals surface area contributed by atoms with Crippen LogP contribution in [0.4, 0.5) is 5.13 Å². The van der Waals surface area contributed by atoms with Crippen molar-refractivity contribution in [3.63, 3.8) is 0 Å². The molecule has 7 nitrogen and oxygen atoms in total. The molecule has 0 aliphatic carbocycles. The van der Waals surface area contributed by atoms with Gasteiger partial charge in [-0.1, -0.05) is 30.3 Å². The van der Waals surface area contributed by atoms with Crippen LogP contribution in [0.15, 0.2) is 64.9 Å². The van der Waals surface area contributed by atoms with E-state index in [0.29, 0.717) is 16.6 Å². The Morgan fingerprint density at radius 1 is 1.11 bits per heavy atom. The number of nitrogens with zero attached hydrogens (tertiary/aromatic N) is 2. The van der Waals surface area contributed by atoms with Crippen LogP contribution >= 0.6 is 11.3 Å². The van der Waals surface area contributed by atoms with E-state index >= 15 is 0 Å². The fourth-order valence-corrected chi connectivity index (χ4v) is 3.93. The van der Waals surface area contributed by atoms with Crippen molar-refractivity contribution in [3.05, 3.63) is 60.0 Å². The highest BCUT2D eigenvalue weighted by atomic mass is 32.2. The Labute approximate surface area is 167 Å². The lowest BCUT2D eigenvalue weighted by molar-refractivity contribution is -0.118. The molecule has 1 N–H and O–H groups in total. The van der Waals surface area contributed by atoms with E-state index in [2.05, 4.69) is 10.3 Å². The molecule has 0 aliphatic rings. The van der Waals surface area contributed by atoms with Crippen LogP contribution in [0.5, 0.6) is 5.75 Å². The average molecular weight is 418 g/mol. The summed E-state index contributed by atoms with van der Waals surface area (Å²) in [5.74, 6) is 0.308. The van der Waals surface area contributed by atoms with Crippen LogP contribution in [0.25, 0.3) is 11.3 Å². The molecule has 0 unspecified atom stereocenters. The lowest BCUT2D eigenvalue weighted by Gasteiger charge is -2.11. The van der Waals surface area contributed by atoms with Crippen LogP contribution in [0.2, 0.25) is 0 Å². The fourth-order valence-electron chi connectivity index (χ4n) is 2.29. The molecule has 2 aromatic carbocycles. The molecule has 1 heterocycles. The number of para-hydroxylation sites is 1. The molecule has 0 atom stereocenters. The summed E-state index contributed by atoms with van der Waals surface area (Å²) in [6.07, 6.45) is 0. The molecular weight excluding hydrogens is 398 g/mol. The van der Waals surface area contributed by atoms with Crippen molar-refractivity contribution in [2.75, 3.05) is 26.0 Å². The second kappa shape index (κ2) is 8.51. The molecule has 0 radical (unpaired) electrons. The summed E-state index contributed by atoms with van der Waals surface area (Å²) < 4.78 is 30.8. The zero-order valence-corrected chi connectivity index (χ0v) is 17.0. The normalized spacial score (nSPS) is 11.4. The molecule has 3 rings (SSSR count). The first-order valence-electron chi connectivity index (χ1n) is 8.32. The van der Waals surface area contributed by atoms with Gasteiger partial charge in [-0.15, -0.1) is 11.3 Å². The number of ether oxygens (including phenoxy) is 1. The van der Waals surface area contributed by atoms with Gasteiger partial charge in [0.1, 0.15) is 5.75 Å². The number of nitrogens with one attached hydrogen (secondary N) is 1. The highest BCUT2D eigenvalue weighted by Crippen LogP contribution is 2.26. The summed E-state index contributed by atoms with van der Waals surface area (Å²) in [7, 11) is -0.499. The molecular formula is C19H19N3O4S2. The van der Waals surface area contributed by atoms with Crippen molar-refractivity contribution in [2.45, 2.75) is 4.90 Å². The van der Waals surface area contributed by atoms with Crippen molar-refractivity contribution in [2.24, 2.45) is 0 Å². The van der Waals surface area contributed by atoms with Gasteiger partial charge in [0, 0.05) is 25.0 Å². The third-order valence-electron chi connectivity index (χ3n) is 3.79. The molecule has 3 aromatic rings. The predicted octanol–water partition coefficient (Wildman–Crippen LogP) is 3.08. The van der Waals surface area contributed by atoms with E-state index in [9.17, 15) is 13.2 Å². The number of carbonyl (C=O) groups is 1. The zero-order valence-electron chi connectivity index (χ0n) is 15.3. The molecule has 0 saturated heterocycles. The van der Waals surface area contributed by atoms with Gasteiger partial charge in [0.05, 0.1) is 10.6 Å². The van der Waals surface area contributed by atoms with Gasteiger partial charge >= 0.3 is 0 Å². The third kappa shape index (κ3) is 4.75. The number of thiazole rings is 1. The number of hydrogen-bond acceptors (Lipinski definition) is 6. The molecule has 9 heteroatoms. The molecule has 0 bridgehead atoms. The van der Waals surface area contributed by atoms with Crippen molar-refractivity contribution in [1.29, 1.82) is 0 Å². The SMILES string of the molecule is CN(C)S(=O)(=O)c1ccc(-c2csc(NC(=O)COc3ccccc3)n2)cc1. The van der Waals surface area contributed by atoms with E-state index < -0.39 is 10.0 Å². The van der Waals surface area contributed by atoms with E-state index in [1.807, 2.05) is 18.2 Å². The summed E-state index contributed by atoms with van der Waals surface area (Å²) in [6.45, 7) is -0.115. The standard InChI is InChI=1S/C19H19N3O4S2/c1-22(2)28(24,25)16-10-8-14(9-11-16)17-13-27-19(20-17)21-18(23)12-26-15-6-4-3-5-7-15/h3-11,13H,12H2,1-2H3,(H,20,21,23). The highest BCUT2D eigenvalue weighted by molar-refractivity contribution is 7.89. The Bertz CT molecular complexity index is 1050. The zero-order chi connectivity index (χ0) is 20.1. The number of hydrogen-bond donors (Lipinski definition) is 1. The topological polar surface area (TPSA) is 88.6 Å². The maximum Gasteiger partial charge on any atom is 0.264 e. The monoisotopic (exact) mass is 417 g/mol. The molecule has 0 spiro atoms. The second-order valence-electron chi connectivity index (χ2n) is 6.00. The summed E-state index contributed by atoms with van der Waals surface area (Å²) >= 11 is 1.28. The minimum Gasteiger partial charge on any atom is -0.484 e. The first-order chi connectivity index (χ1) is 13.4. The number of anilines is 1. The number of benzene rings is 2. The first kappa shape index (κ1) is 20.0. The lowest BCUT2D eigenvalue weighted by Crippen LogP contribution is -2.22. The van der Waals surface area contributed by atoms with Gasteiger partial charge in [0.15, 0.2) is 11.7 Å². The third-order valence-corrected chi connectivity index (χ3v) is 6.38. The van der Waals surface area contributed by atoms with Crippen LogP contribution in [0, 0.1) is 0 Å². The van der Waals surface area contributed by atoms with Crippen molar-refractivity contribution in [3.8, 4) is 17.0 Å². The van der Waals surface area contributed by atoms with Gasteiger partial charge in [-0.3, -0.25) is 10.1 Å². The Morgan fingerprint density at radius 2 is 1.79 bits per heavy atom. The van der Waals surface area contributed by atoms with Gasteiger partial charge < -0.3 is 4.74 Å². The number of carbonyl (C=O) groups excluding carboxylic acids is 1. The summed E-state index contributed by atoms with van der Waals surface area (Å²) in [5, 5.41) is 4.93. The van der Waals surface area contributed by atoms with Gasteiger partial charge in [-0.2, -0.15) is 0 Å². The second-order valence-corrected chi connectivity index (χ2v) is 9.01. The Kier molecular flexibility index (Phi) is 6.08. The average Bonchev–Trinajstić information content (AvgIpc) is 3.15. The van der Waals surface area contributed by atoms with Gasteiger partial charge in [0.25, 0.3) is 5.91 Å². The molecule has 0 aliphatic heterocycles. The number of amides is 1. The fraction of sp³-hybridized carbons (Fsp3) is 0.158. The minimum absolute atomic E-state index is 0.115. The van der Waals surface area contributed by atoms with E-state index in [1.165, 1.54) is 37.6 Å². The summed E-state index contributed by atoms with van der Waals surface area (Å²) in [5.41, 5.74) is 1.41. The predicted molar refractivity (Wildman–Crippen MR) is 109 cm³/mol.